The molecule has 4 unspecified atom stereocenters. The van der Waals surface area contributed by atoms with Gasteiger partial charge in [0.15, 0.2) is 0 Å². The van der Waals surface area contributed by atoms with E-state index < -0.39 is 0 Å². The van der Waals surface area contributed by atoms with Gasteiger partial charge in [-0.3, -0.25) is 0 Å². The van der Waals surface area contributed by atoms with E-state index in [0.29, 0.717) is 10.8 Å². The van der Waals surface area contributed by atoms with Gasteiger partial charge in [-0.1, -0.05) is 532 Å². The molecule has 0 aromatic heterocycles. The molecule has 0 amide bonds. The highest BCUT2D eigenvalue weighted by molar-refractivity contribution is 4.94. The van der Waals surface area contributed by atoms with Crippen LogP contribution in [-0.2, 0) is 0 Å². The van der Waals surface area contributed by atoms with Gasteiger partial charge < -0.3 is 0 Å². The van der Waals surface area contributed by atoms with Gasteiger partial charge in [0.1, 0.15) is 0 Å². The first kappa shape index (κ1) is 124. The van der Waals surface area contributed by atoms with E-state index in [1.165, 1.54) is 417 Å². The first-order chi connectivity index (χ1) is 66.9. The Morgan fingerprint density at radius 3 is 0.468 bits per heavy atom. The van der Waals surface area contributed by atoms with Crippen LogP contribution in [0.5, 0.6) is 0 Å². The first-order valence-electron chi connectivity index (χ1n) is 66.9. The van der Waals surface area contributed by atoms with E-state index in [2.05, 4.69) is 166 Å². The molecule has 17 aliphatic rings. The van der Waals surface area contributed by atoms with Crippen molar-refractivity contribution in [3.05, 3.63) is 0 Å². The molecule has 17 aliphatic carbocycles. The summed E-state index contributed by atoms with van der Waals surface area (Å²) in [7, 11) is 0. The summed E-state index contributed by atoms with van der Waals surface area (Å²) in [6, 6.07) is 0. The summed E-state index contributed by atoms with van der Waals surface area (Å²) >= 11 is 0. The first-order valence-corrected chi connectivity index (χ1v) is 66.9. The summed E-state index contributed by atoms with van der Waals surface area (Å²) in [5.41, 5.74) is 1.22. The third-order valence-corrected chi connectivity index (χ3v) is 46.7. The van der Waals surface area contributed by atoms with Gasteiger partial charge in [0.05, 0.1) is 0 Å². The van der Waals surface area contributed by atoms with E-state index >= 15 is 0 Å². The minimum atomic E-state index is 0.610. The number of rotatable bonds is 21. The van der Waals surface area contributed by atoms with Crippen LogP contribution in [0.3, 0.4) is 0 Å². The van der Waals surface area contributed by atoms with Crippen LogP contribution in [0.4, 0.5) is 0 Å². The molecule has 0 heterocycles. The van der Waals surface area contributed by atoms with Crippen molar-refractivity contribution in [1.29, 1.82) is 0 Å². The maximum Gasteiger partial charge on any atom is -0.0298 e. The molecule has 0 heteroatoms. The van der Waals surface area contributed by atoms with Gasteiger partial charge in [-0.05, 0) is 353 Å². The Kier molecular flexibility index (Phi) is 62.1. The molecule has 0 saturated heterocycles. The summed E-state index contributed by atoms with van der Waals surface area (Å²) < 4.78 is 0. The molecular formula is C139H264. The van der Waals surface area contributed by atoms with Crippen molar-refractivity contribution in [3.8, 4) is 0 Å². The summed E-state index contributed by atoms with van der Waals surface area (Å²) in [4.78, 5) is 0. The van der Waals surface area contributed by atoms with Crippen LogP contribution in [0.15, 0.2) is 0 Å². The van der Waals surface area contributed by atoms with Crippen LogP contribution in [0.2, 0.25) is 0 Å². The largest absolute Gasteiger partial charge is 0.0654 e. The van der Waals surface area contributed by atoms with E-state index in [1.54, 1.807) is 89.9 Å². The van der Waals surface area contributed by atoms with Gasteiger partial charge in [0, 0.05) is 0 Å². The maximum atomic E-state index is 2.59. The average molecular weight is 1940 g/mol. The highest BCUT2D eigenvalue weighted by Crippen LogP contribution is 2.54. The SMILES string of the molecule is CC1CCC(C(C)(C)C2CCC(C)CC2)CC1.CC1CCC(C)CC1.CC1CCC(C2CCC(C)CC2)CC1.CC1CCC(CC2CCC(C)CC2)CC1.CC1CCC2CC(C)CCC2C1.CCC1CCC(C(C)(C)C2CCC(C)CC2)CC1.CCC1CCC(C2CCC(CC)CC2)CC1.CCC1CCC(CC)CC1.CCC1CCC(CC2CCC(CC)CC2)CC1.CCCC1CCC(CCC)CC1. The fourth-order valence-electron chi connectivity index (χ4n) is 33.9. The van der Waals surface area contributed by atoms with Crippen molar-refractivity contribution >= 4 is 0 Å². The molecule has 0 radical (unpaired) electrons. The Morgan fingerprint density at radius 2 is 0.266 bits per heavy atom. The lowest BCUT2D eigenvalue weighted by Gasteiger charge is -2.46. The number of hydrogen-bond donors (Lipinski definition) is 0. The van der Waals surface area contributed by atoms with Crippen molar-refractivity contribution < 1.29 is 0 Å². The van der Waals surface area contributed by atoms with Gasteiger partial charge in [-0.25, -0.2) is 0 Å². The van der Waals surface area contributed by atoms with Crippen LogP contribution in [0, 0.1) is 212 Å². The molecule has 0 N–H and O–H groups in total. The highest BCUT2D eigenvalue weighted by atomic mass is 14.5. The molecule has 0 nitrogen and oxygen atoms in total. The monoisotopic (exact) mass is 1930 g/mol. The second-order valence-corrected chi connectivity index (χ2v) is 58.3. The normalized spacial score (nSPS) is 40.1. The van der Waals surface area contributed by atoms with Crippen molar-refractivity contribution in [1.82, 2.24) is 0 Å². The van der Waals surface area contributed by atoms with Gasteiger partial charge in [-0.15, -0.1) is 0 Å². The lowest BCUT2D eigenvalue weighted by Crippen LogP contribution is -2.36. The van der Waals surface area contributed by atoms with E-state index in [1.807, 2.05) is 0 Å². The van der Waals surface area contributed by atoms with Gasteiger partial charge in [-0.2, -0.15) is 0 Å². The molecule has 0 aliphatic heterocycles. The minimum Gasteiger partial charge on any atom is -0.0654 e. The Hall–Kier alpha value is 0. The number of hydrogen-bond acceptors (Lipinski definition) is 0. The van der Waals surface area contributed by atoms with Gasteiger partial charge in [0.25, 0.3) is 0 Å². The highest BCUT2D eigenvalue weighted by Gasteiger charge is 2.43. The predicted molar refractivity (Wildman–Crippen MR) is 624 cm³/mol. The van der Waals surface area contributed by atoms with Crippen molar-refractivity contribution in [2.75, 3.05) is 0 Å². The maximum absolute atomic E-state index is 2.59. The fraction of sp³-hybridized carbons (Fsp3) is 1.00. The molecule has 0 aromatic carbocycles. The van der Waals surface area contributed by atoms with Crippen LogP contribution in [0.1, 0.15) is 673 Å². The van der Waals surface area contributed by atoms with Crippen LogP contribution < -0.4 is 0 Å². The summed E-state index contributed by atoms with van der Waals surface area (Å²) in [6.45, 7) is 58.1. The molecule has 0 spiro atoms. The Balaban J connectivity index is 0.000000191. The molecular weight excluding hydrogens is 1670 g/mol. The Bertz CT molecular complexity index is 2640. The van der Waals surface area contributed by atoms with Gasteiger partial charge in [0.2, 0.25) is 0 Å². The predicted octanol–water partition coefficient (Wildman–Crippen LogP) is 47.3. The molecule has 4 atom stereocenters. The quantitative estimate of drug-likeness (QED) is 0.107. The van der Waals surface area contributed by atoms with E-state index in [4.69, 9.17) is 0 Å². The molecule has 0 aromatic rings. The van der Waals surface area contributed by atoms with Crippen molar-refractivity contribution in [3.63, 3.8) is 0 Å². The van der Waals surface area contributed by atoms with Crippen molar-refractivity contribution in [2.45, 2.75) is 673 Å². The molecule has 0 bridgehead atoms. The standard InChI is InChI=1S/C18H34.2C17H32.C16H30.C15H28.C14H26.C12H22.C12H24.C10H20.C8H16/c1-5-15-8-12-17(13-9-15)18(3,4)16-10-6-14(2)7-11-16;1-13-5-9-15(10-6-13)17(3,4)16-11-7-14(2)8-12-16;1-3-14-5-9-16(10-6-14)13-17-11-7-15(4-2)8-12-17;1-3-13-5-9-15(10-6-13)16-11-7-14(4-2)8-12-16;1-12-3-7-14(8-4-12)11-15-9-5-13(2)6-10-15;1-11-3-7-13(8-4-11)14-9-5-12(2)6-10-14;1-9-3-5-12-8-10(2)4-6-11(12)7-9;1-3-5-11-7-9-12(6-4-2)10-8-11;1-3-9-5-7-10(4-2)8-6-9;1-7-3-5-8(2)6-4-7/h14-17H,5-13H2,1-4H3;13-16H,5-12H2,1-4H3;14-17H,3-13H2,1-2H3;13-16H,3-12H2,1-2H3;12-15H,3-11H2,1-2H3;11-14H,3-10H2,1-2H3;9-12H,3-8H2,1-2H3;11-12H,3-10H2,1-2H3;9-10H,3-8H2,1-2H3;7-8H,3-6H2,1-2H3. The summed E-state index contributed by atoms with van der Waals surface area (Å²) in [5.74, 6) is 35.9. The molecule has 139 heavy (non-hydrogen) atoms. The molecule has 17 fully saturated rings. The third kappa shape index (κ3) is 47.4. The third-order valence-electron chi connectivity index (χ3n) is 46.7. The van der Waals surface area contributed by atoms with E-state index in [0.717, 1.165) is 201 Å². The lowest BCUT2D eigenvalue weighted by molar-refractivity contribution is 0.0401. The summed E-state index contributed by atoms with van der Waals surface area (Å²) in [6.07, 6.45) is 119. The second kappa shape index (κ2) is 69.5. The summed E-state index contributed by atoms with van der Waals surface area (Å²) in [5, 5.41) is 0. The van der Waals surface area contributed by atoms with Gasteiger partial charge >= 0.3 is 0 Å². The zero-order chi connectivity index (χ0) is 100. The smallest absolute Gasteiger partial charge is 0.0298 e. The van der Waals surface area contributed by atoms with Crippen LogP contribution in [0.25, 0.3) is 0 Å². The zero-order valence-corrected chi connectivity index (χ0v) is 100. The fourth-order valence-corrected chi connectivity index (χ4v) is 33.9. The van der Waals surface area contributed by atoms with E-state index in [-0.39, 0.29) is 0 Å². The zero-order valence-electron chi connectivity index (χ0n) is 100. The average Bonchev–Trinajstić information content (AvgIpc) is 0.804. The topological polar surface area (TPSA) is 0 Å². The minimum absolute atomic E-state index is 0.610. The number of fused-ring (bicyclic) bond motifs is 1. The van der Waals surface area contributed by atoms with E-state index in [9.17, 15) is 0 Å². The van der Waals surface area contributed by atoms with Crippen molar-refractivity contribution in [2.24, 2.45) is 212 Å². The molecule has 17 saturated carbocycles. The molecule has 820 valence electrons. The second-order valence-electron chi connectivity index (χ2n) is 58.3. The lowest BCUT2D eigenvalue weighted by atomic mass is 9.59. The Labute approximate surface area is 879 Å². The van der Waals surface area contributed by atoms with Crippen LogP contribution >= 0.6 is 0 Å². The van der Waals surface area contributed by atoms with Crippen LogP contribution in [-0.4, -0.2) is 0 Å². The Morgan fingerprint density at radius 1 is 0.137 bits per heavy atom. The molecule has 17 rings (SSSR count).